The van der Waals surface area contributed by atoms with Gasteiger partial charge in [0.05, 0.1) is 5.56 Å². The van der Waals surface area contributed by atoms with Crippen molar-refractivity contribution in [2.75, 3.05) is 18.0 Å². The molecule has 0 radical (unpaired) electrons. The van der Waals surface area contributed by atoms with E-state index >= 15 is 0 Å². The van der Waals surface area contributed by atoms with E-state index in [0.29, 0.717) is 41.5 Å². The maximum atomic E-state index is 14.0. The minimum atomic E-state index is -0.491. The highest BCUT2D eigenvalue weighted by Crippen LogP contribution is 2.32. The predicted molar refractivity (Wildman–Crippen MR) is 94.8 cm³/mol. The van der Waals surface area contributed by atoms with Gasteiger partial charge in [-0.2, -0.15) is 10.2 Å². The average molecular weight is 388 g/mol. The van der Waals surface area contributed by atoms with E-state index in [9.17, 15) is 9.65 Å². The molecular weight excluding hydrogens is 373 g/mol. The number of hydrogen-bond acceptors (Lipinski definition) is 7. The first kappa shape index (κ1) is 17.5. The zero-order valence-electron chi connectivity index (χ0n) is 14.4. The van der Waals surface area contributed by atoms with Crippen molar-refractivity contribution in [1.29, 1.82) is 5.26 Å². The van der Waals surface area contributed by atoms with Crippen molar-refractivity contribution in [2.45, 2.75) is 25.7 Å². The molecule has 1 aliphatic heterocycles. The molecule has 1 fully saturated rings. The normalized spacial score (nSPS) is 15.1. The van der Waals surface area contributed by atoms with Gasteiger partial charge in [-0.25, -0.2) is 9.37 Å². The second-order valence-electron chi connectivity index (χ2n) is 6.34. The molecule has 2 aromatic heterocycles. The Labute approximate surface area is 159 Å². The van der Waals surface area contributed by atoms with Crippen molar-refractivity contribution in [3.63, 3.8) is 0 Å². The summed E-state index contributed by atoms with van der Waals surface area (Å²) in [5, 5.41) is 13.4. The molecule has 9 heteroatoms. The summed E-state index contributed by atoms with van der Waals surface area (Å²) in [5.74, 6) is 1.23. The number of hydrogen-bond donors (Lipinski definition) is 0. The molecule has 0 unspecified atom stereocenters. The minimum absolute atomic E-state index is 0.0624. The third-order valence-electron chi connectivity index (χ3n) is 4.57. The number of nitriles is 1. The maximum absolute atomic E-state index is 14.0. The molecule has 0 spiro atoms. The van der Waals surface area contributed by atoms with Gasteiger partial charge in [-0.1, -0.05) is 16.8 Å². The van der Waals surface area contributed by atoms with Gasteiger partial charge in [0.25, 0.3) is 0 Å². The lowest BCUT2D eigenvalue weighted by molar-refractivity contribution is 0.326. The first-order valence-electron chi connectivity index (χ1n) is 8.46. The zero-order valence-corrected chi connectivity index (χ0v) is 15.2. The number of nitrogens with zero attached hydrogens (tertiary/aromatic N) is 5. The van der Waals surface area contributed by atoms with Gasteiger partial charge in [-0.05, 0) is 31.0 Å². The van der Waals surface area contributed by atoms with Crippen LogP contribution in [0.3, 0.4) is 0 Å². The lowest BCUT2D eigenvalue weighted by atomic mass is 9.97. The summed E-state index contributed by atoms with van der Waals surface area (Å²) in [5.41, 5.74) is 0.548. The summed E-state index contributed by atoms with van der Waals surface area (Å²) in [6, 6.07) is 6.39. The SMILES string of the molecule is Cc1nc(C#N)c(N2CCC(c3nc(-c4ccc(Cl)cc4F)no3)CC2)o1. The van der Waals surface area contributed by atoms with E-state index in [2.05, 4.69) is 21.2 Å². The van der Waals surface area contributed by atoms with Crippen molar-refractivity contribution >= 4 is 17.5 Å². The van der Waals surface area contributed by atoms with Gasteiger partial charge in [0.15, 0.2) is 5.89 Å². The van der Waals surface area contributed by atoms with Crippen LogP contribution in [-0.2, 0) is 0 Å². The Morgan fingerprint density at radius 1 is 1.30 bits per heavy atom. The van der Waals surface area contributed by atoms with E-state index in [1.807, 2.05) is 4.90 Å². The average Bonchev–Trinajstić information content (AvgIpc) is 3.28. The van der Waals surface area contributed by atoms with Crippen LogP contribution in [0.15, 0.2) is 27.1 Å². The van der Waals surface area contributed by atoms with E-state index in [0.717, 1.165) is 12.8 Å². The second-order valence-corrected chi connectivity index (χ2v) is 6.78. The number of rotatable bonds is 3. The van der Waals surface area contributed by atoms with Gasteiger partial charge in [-0.15, -0.1) is 0 Å². The lowest BCUT2D eigenvalue weighted by Crippen LogP contribution is -2.33. The van der Waals surface area contributed by atoms with E-state index in [1.165, 1.54) is 12.1 Å². The standard InChI is InChI=1S/C18H15ClFN5O2/c1-10-22-15(9-21)18(26-10)25-6-4-11(5-7-25)17-23-16(24-27-17)13-3-2-12(19)8-14(13)20/h2-3,8,11H,4-7H2,1H3. The summed E-state index contributed by atoms with van der Waals surface area (Å²) >= 11 is 5.78. The van der Waals surface area contributed by atoms with Gasteiger partial charge in [0.1, 0.15) is 11.9 Å². The van der Waals surface area contributed by atoms with Gasteiger partial charge in [0.2, 0.25) is 23.3 Å². The van der Waals surface area contributed by atoms with E-state index in [4.69, 9.17) is 20.5 Å². The number of benzene rings is 1. The van der Waals surface area contributed by atoms with Crippen LogP contribution in [-0.4, -0.2) is 28.2 Å². The summed E-state index contributed by atoms with van der Waals surface area (Å²) in [7, 11) is 0. The highest BCUT2D eigenvalue weighted by atomic mass is 35.5. The number of oxazole rings is 1. The number of piperidine rings is 1. The Morgan fingerprint density at radius 3 is 2.78 bits per heavy atom. The van der Waals surface area contributed by atoms with Crippen LogP contribution in [0.4, 0.5) is 10.3 Å². The van der Waals surface area contributed by atoms with Crippen molar-refractivity contribution in [3.8, 4) is 17.5 Å². The molecular formula is C18H15ClFN5O2. The summed E-state index contributed by atoms with van der Waals surface area (Å²) in [6.07, 6.45) is 1.49. The summed E-state index contributed by atoms with van der Waals surface area (Å²) in [4.78, 5) is 10.4. The van der Waals surface area contributed by atoms with E-state index < -0.39 is 5.82 Å². The molecule has 0 atom stereocenters. The van der Waals surface area contributed by atoms with Gasteiger partial charge < -0.3 is 13.8 Å². The number of anilines is 1. The Bertz CT molecular complexity index is 1020. The fourth-order valence-corrected chi connectivity index (χ4v) is 3.37. The van der Waals surface area contributed by atoms with Gasteiger partial charge >= 0.3 is 0 Å². The second kappa shape index (κ2) is 7.00. The molecule has 1 aliphatic rings. The molecule has 1 aromatic carbocycles. The molecule has 0 bridgehead atoms. The molecule has 3 heterocycles. The van der Waals surface area contributed by atoms with Gasteiger partial charge in [-0.3, -0.25) is 0 Å². The Hall–Kier alpha value is -2.92. The molecule has 3 aromatic rings. The topological polar surface area (TPSA) is 92.0 Å². The zero-order chi connectivity index (χ0) is 19.0. The highest BCUT2D eigenvalue weighted by Gasteiger charge is 2.29. The fraction of sp³-hybridized carbons (Fsp3) is 0.333. The molecule has 0 aliphatic carbocycles. The number of aromatic nitrogens is 3. The van der Waals surface area contributed by atoms with Crippen LogP contribution in [0.1, 0.15) is 36.2 Å². The monoisotopic (exact) mass is 387 g/mol. The molecule has 27 heavy (non-hydrogen) atoms. The van der Waals surface area contributed by atoms with Crippen molar-refractivity contribution in [1.82, 2.24) is 15.1 Å². The summed E-state index contributed by atoms with van der Waals surface area (Å²) < 4.78 is 25.0. The third-order valence-corrected chi connectivity index (χ3v) is 4.80. The van der Waals surface area contributed by atoms with Crippen molar-refractivity contribution in [2.24, 2.45) is 0 Å². The molecule has 0 N–H and O–H groups in total. The Kier molecular flexibility index (Phi) is 4.54. The van der Waals surface area contributed by atoms with Gasteiger partial charge in [0, 0.05) is 31.0 Å². The van der Waals surface area contributed by atoms with Crippen LogP contribution in [0.5, 0.6) is 0 Å². The Balaban J connectivity index is 1.47. The Morgan fingerprint density at radius 2 is 2.07 bits per heavy atom. The first-order valence-corrected chi connectivity index (χ1v) is 8.84. The van der Waals surface area contributed by atoms with Crippen LogP contribution < -0.4 is 4.90 Å². The molecule has 4 rings (SSSR count). The van der Waals surface area contributed by atoms with E-state index in [-0.39, 0.29) is 17.3 Å². The molecule has 0 amide bonds. The first-order chi connectivity index (χ1) is 13.0. The van der Waals surface area contributed by atoms with Crippen molar-refractivity contribution in [3.05, 3.63) is 46.5 Å². The van der Waals surface area contributed by atoms with Crippen molar-refractivity contribution < 1.29 is 13.3 Å². The van der Waals surface area contributed by atoms with E-state index in [1.54, 1.807) is 13.0 Å². The van der Waals surface area contributed by atoms with Crippen LogP contribution >= 0.6 is 11.6 Å². The van der Waals surface area contributed by atoms with Crippen LogP contribution in [0.25, 0.3) is 11.4 Å². The quantitative estimate of drug-likeness (QED) is 0.668. The number of aryl methyl sites for hydroxylation is 1. The molecule has 7 nitrogen and oxygen atoms in total. The molecule has 138 valence electrons. The smallest absolute Gasteiger partial charge is 0.234 e. The predicted octanol–water partition coefficient (Wildman–Crippen LogP) is 4.08. The minimum Gasteiger partial charge on any atom is -0.424 e. The van der Waals surface area contributed by atoms with Crippen LogP contribution in [0.2, 0.25) is 5.02 Å². The third kappa shape index (κ3) is 3.38. The fourth-order valence-electron chi connectivity index (χ4n) is 3.21. The maximum Gasteiger partial charge on any atom is 0.234 e. The molecule has 1 saturated heterocycles. The lowest BCUT2D eigenvalue weighted by Gasteiger charge is -2.29. The highest BCUT2D eigenvalue weighted by molar-refractivity contribution is 6.30. The largest absolute Gasteiger partial charge is 0.424 e. The number of halogens is 2. The molecule has 0 saturated carbocycles. The summed E-state index contributed by atoms with van der Waals surface area (Å²) in [6.45, 7) is 3.05. The van der Waals surface area contributed by atoms with Crippen LogP contribution in [0, 0.1) is 24.1 Å².